The molecule has 0 spiro atoms. The van der Waals surface area contributed by atoms with Crippen molar-refractivity contribution in [3.63, 3.8) is 0 Å². The maximum absolute atomic E-state index is 4.30. The average Bonchev–Trinajstić information content (AvgIpc) is 2.88. The van der Waals surface area contributed by atoms with E-state index in [1.807, 2.05) is 45.1 Å². The zero-order valence-corrected chi connectivity index (χ0v) is 23.5. The van der Waals surface area contributed by atoms with Crippen molar-refractivity contribution < 1.29 is 0 Å². The lowest BCUT2D eigenvalue weighted by atomic mass is 10.0. The van der Waals surface area contributed by atoms with Crippen LogP contribution in [0.25, 0.3) is 0 Å². The van der Waals surface area contributed by atoms with Crippen molar-refractivity contribution >= 4 is 5.71 Å². The molecule has 3 rings (SSSR count). The third-order valence-corrected chi connectivity index (χ3v) is 5.30. The summed E-state index contributed by atoms with van der Waals surface area (Å²) in [6.45, 7) is 26.6. The molecule has 1 aliphatic rings. The highest BCUT2D eigenvalue weighted by Gasteiger charge is 2.14. The summed E-state index contributed by atoms with van der Waals surface area (Å²) in [7, 11) is 0. The number of hydrogen-bond acceptors (Lipinski definition) is 3. The van der Waals surface area contributed by atoms with Gasteiger partial charge in [0.05, 0.1) is 11.4 Å². The Labute approximate surface area is 225 Å². The van der Waals surface area contributed by atoms with Crippen LogP contribution in [0, 0.1) is 0 Å². The van der Waals surface area contributed by atoms with Gasteiger partial charge in [0.1, 0.15) is 0 Å². The van der Waals surface area contributed by atoms with E-state index in [1.165, 1.54) is 16.7 Å². The van der Waals surface area contributed by atoms with Crippen molar-refractivity contribution in [2.45, 2.75) is 53.4 Å². The molecule has 2 aromatic carbocycles. The highest BCUT2D eigenvalue weighted by atomic mass is 15.3. The Kier molecular flexibility index (Phi) is 14.8. The fourth-order valence-electron chi connectivity index (χ4n) is 3.29. The standard InChI is InChI=1S/C21H25N3.C9H12.C4H8/c1-5-10-16(2)21-15-20(18(4)23-24-21)17(3)22-14-9-13-19-11-7-6-8-12-19;1-8(2)9-6-4-3-5-7-9;1-4(2)3/h5-8,10-12,15,22-23H,1,3-4,9,13-14H2,2H3;3-8H,1-2H3;1H2,2-3H3/b16-10+;;. The molecule has 3 heteroatoms. The van der Waals surface area contributed by atoms with Crippen molar-refractivity contribution in [2.24, 2.45) is 5.10 Å². The number of nitrogens with one attached hydrogen (secondary N) is 2. The lowest BCUT2D eigenvalue weighted by molar-refractivity contribution is 0.726. The van der Waals surface area contributed by atoms with Gasteiger partial charge in [0.15, 0.2) is 0 Å². The molecule has 0 bridgehead atoms. The molecular formula is C34H45N3. The molecule has 0 aromatic heterocycles. The Balaban J connectivity index is 0.000000432. The van der Waals surface area contributed by atoms with Crippen LogP contribution in [0.2, 0.25) is 0 Å². The van der Waals surface area contributed by atoms with Crippen LogP contribution < -0.4 is 10.7 Å². The number of nitrogens with zero attached hydrogens (tertiary/aromatic N) is 1. The molecule has 3 nitrogen and oxygen atoms in total. The van der Waals surface area contributed by atoms with Gasteiger partial charge in [-0.25, -0.2) is 0 Å². The molecule has 1 heterocycles. The van der Waals surface area contributed by atoms with E-state index in [9.17, 15) is 0 Å². The largest absolute Gasteiger partial charge is 0.385 e. The van der Waals surface area contributed by atoms with Crippen LogP contribution in [-0.2, 0) is 6.42 Å². The summed E-state index contributed by atoms with van der Waals surface area (Å²) in [4.78, 5) is 0. The third kappa shape index (κ3) is 13.1. The second-order valence-corrected chi connectivity index (χ2v) is 9.50. The molecule has 1 aliphatic heterocycles. The summed E-state index contributed by atoms with van der Waals surface area (Å²) >= 11 is 0. The van der Waals surface area contributed by atoms with E-state index in [1.54, 1.807) is 6.08 Å². The number of rotatable bonds is 9. The van der Waals surface area contributed by atoms with Crippen LogP contribution in [0.3, 0.4) is 0 Å². The minimum Gasteiger partial charge on any atom is -0.385 e. The minimum absolute atomic E-state index is 0.659. The number of benzene rings is 2. The highest BCUT2D eigenvalue weighted by Crippen LogP contribution is 2.18. The molecule has 196 valence electrons. The zero-order chi connectivity index (χ0) is 27.6. The van der Waals surface area contributed by atoms with Crippen LogP contribution >= 0.6 is 0 Å². The number of hydrazone groups is 1. The fourth-order valence-corrected chi connectivity index (χ4v) is 3.29. The van der Waals surface area contributed by atoms with Crippen molar-refractivity contribution in [1.29, 1.82) is 0 Å². The molecule has 2 N–H and O–H groups in total. The zero-order valence-electron chi connectivity index (χ0n) is 23.5. The first-order chi connectivity index (χ1) is 17.6. The monoisotopic (exact) mass is 495 g/mol. The summed E-state index contributed by atoms with van der Waals surface area (Å²) in [5.41, 5.74) is 11.4. The van der Waals surface area contributed by atoms with Crippen molar-refractivity contribution in [1.82, 2.24) is 10.7 Å². The van der Waals surface area contributed by atoms with Crippen LogP contribution in [0.1, 0.15) is 58.1 Å². The second-order valence-electron chi connectivity index (χ2n) is 9.50. The summed E-state index contributed by atoms with van der Waals surface area (Å²) in [5.74, 6) is 0.659. The summed E-state index contributed by atoms with van der Waals surface area (Å²) in [6.07, 6.45) is 7.78. The molecule has 0 unspecified atom stereocenters. The van der Waals surface area contributed by atoms with Crippen molar-refractivity contribution in [3.05, 3.63) is 144 Å². The predicted molar refractivity (Wildman–Crippen MR) is 165 cm³/mol. The molecular weight excluding hydrogens is 450 g/mol. The summed E-state index contributed by atoms with van der Waals surface area (Å²) in [5, 5.41) is 7.69. The minimum atomic E-state index is 0.659. The maximum atomic E-state index is 4.30. The molecule has 0 aliphatic carbocycles. The Morgan fingerprint density at radius 2 is 1.54 bits per heavy atom. The molecule has 2 aromatic rings. The first kappa shape index (κ1) is 31.2. The Bertz CT molecular complexity index is 1100. The predicted octanol–water partition coefficient (Wildman–Crippen LogP) is 8.65. The van der Waals surface area contributed by atoms with Crippen molar-refractivity contribution in [2.75, 3.05) is 6.54 Å². The van der Waals surface area contributed by atoms with E-state index < -0.39 is 0 Å². The molecule has 0 radical (unpaired) electrons. The van der Waals surface area contributed by atoms with E-state index in [-0.39, 0.29) is 0 Å². The first-order valence-corrected chi connectivity index (χ1v) is 12.8. The molecule has 0 saturated carbocycles. The van der Waals surface area contributed by atoms with Gasteiger partial charge >= 0.3 is 0 Å². The van der Waals surface area contributed by atoms with Gasteiger partial charge in [-0.3, -0.25) is 5.43 Å². The summed E-state index contributed by atoms with van der Waals surface area (Å²) < 4.78 is 0. The number of hydrogen-bond donors (Lipinski definition) is 2. The Hall–Kier alpha value is -3.85. The first-order valence-electron chi connectivity index (χ1n) is 12.8. The normalized spacial score (nSPS) is 12.5. The molecule has 0 saturated heterocycles. The molecule has 37 heavy (non-hydrogen) atoms. The van der Waals surface area contributed by atoms with E-state index in [2.05, 4.69) is 105 Å². The van der Waals surface area contributed by atoms with E-state index >= 15 is 0 Å². The molecule has 0 atom stereocenters. The maximum Gasteiger partial charge on any atom is 0.0870 e. The SMILES string of the molecule is C=C(C)C.C=C/C=C(\C)C1=NNC(=C)C(C(=C)NCCCc2ccccc2)=C1.CC(C)c1ccccc1. The Morgan fingerprint density at radius 1 is 0.973 bits per heavy atom. The Morgan fingerprint density at radius 3 is 2.05 bits per heavy atom. The second kappa shape index (κ2) is 17.6. The van der Waals surface area contributed by atoms with E-state index in [4.69, 9.17) is 0 Å². The smallest absolute Gasteiger partial charge is 0.0870 e. The van der Waals surface area contributed by atoms with Crippen LogP contribution in [0.4, 0.5) is 0 Å². The lowest BCUT2D eigenvalue weighted by Gasteiger charge is -2.20. The van der Waals surface area contributed by atoms with Gasteiger partial charge in [0.2, 0.25) is 0 Å². The number of allylic oxidation sites excluding steroid dienone is 5. The van der Waals surface area contributed by atoms with Gasteiger partial charge in [-0.1, -0.05) is 112 Å². The van der Waals surface area contributed by atoms with Crippen LogP contribution in [-0.4, -0.2) is 12.3 Å². The lowest BCUT2D eigenvalue weighted by Crippen LogP contribution is -2.24. The van der Waals surface area contributed by atoms with E-state index in [0.717, 1.165) is 47.6 Å². The topological polar surface area (TPSA) is 36.4 Å². The van der Waals surface area contributed by atoms with E-state index in [0.29, 0.717) is 5.92 Å². The quantitative estimate of drug-likeness (QED) is 0.207. The van der Waals surface area contributed by atoms with Gasteiger partial charge in [-0.2, -0.15) is 5.10 Å². The van der Waals surface area contributed by atoms with Gasteiger partial charge in [-0.15, -0.1) is 6.58 Å². The third-order valence-electron chi connectivity index (χ3n) is 5.30. The molecule has 0 amide bonds. The summed E-state index contributed by atoms with van der Waals surface area (Å²) in [6, 6.07) is 21.0. The van der Waals surface area contributed by atoms with Gasteiger partial charge in [-0.05, 0) is 62.3 Å². The van der Waals surface area contributed by atoms with Crippen LogP contribution in [0.5, 0.6) is 0 Å². The van der Waals surface area contributed by atoms with Gasteiger partial charge in [0, 0.05) is 17.8 Å². The average molecular weight is 496 g/mol. The van der Waals surface area contributed by atoms with Gasteiger partial charge in [0.25, 0.3) is 0 Å². The van der Waals surface area contributed by atoms with Crippen molar-refractivity contribution in [3.8, 4) is 0 Å². The fraction of sp³-hybridized carbons (Fsp3) is 0.265. The highest BCUT2D eigenvalue weighted by molar-refractivity contribution is 6.09. The number of aryl methyl sites for hydroxylation is 1. The molecule has 0 fully saturated rings. The van der Waals surface area contributed by atoms with Crippen LogP contribution in [0.15, 0.2) is 138 Å². The van der Waals surface area contributed by atoms with Gasteiger partial charge < -0.3 is 5.32 Å².